The monoisotopic (exact) mass is 576 g/mol. The van der Waals surface area contributed by atoms with Gasteiger partial charge in [0, 0.05) is 74.3 Å². The number of aldehydes is 1. The number of hydrogen-bond acceptors (Lipinski definition) is 5. The quantitative estimate of drug-likeness (QED) is 0.457. The van der Waals surface area contributed by atoms with Gasteiger partial charge in [-0.25, -0.2) is 8.78 Å². The first kappa shape index (κ1) is 35.3. The van der Waals surface area contributed by atoms with E-state index in [0.717, 1.165) is 70.5 Å². The zero-order chi connectivity index (χ0) is 29.4. The Kier molecular flexibility index (Phi) is 16.9. The number of rotatable bonds is 7. The molecule has 1 saturated carbocycles. The van der Waals surface area contributed by atoms with E-state index in [0.29, 0.717) is 19.1 Å². The first-order chi connectivity index (χ1) is 18.6. The van der Waals surface area contributed by atoms with E-state index in [-0.39, 0.29) is 11.5 Å². The number of amides is 1. The smallest absolute Gasteiger partial charge is 0.235 e. The van der Waals surface area contributed by atoms with Gasteiger partial charge in [-0.2, -0.15) is 0 Å². The second kappa shape index (κ2) is 18.6. The summed E-state index contributed by atoms with van der Waals surface area (Å²) < 4.78 is 30.2. The average Bonchev–Trinajstić information content (AvgIpc) is 3.58. The normalized spacial score (nSPS) is 23.2. The van der Waals surface area contributed by atoms with Crippen LogP contribution in [0.4, 0.5) is 13.2 Å². The lowest BCUT2D eigenvalue weighted by molar-refractivity contribution is -0.111. The molecule has 4 rings (SSSR count). The largest absolute Gasteiger partial charge is 0.357 e. The molecular weight excluding hydrogens is 529 g/mol. The van der Waals surface area contributed by atoms with E-state index >= 15 is 0 Å². The van der Waals surface area contributed by atoms with Gasteiger partial charge in [0.2, 0.25) is 12.8 Å². The van der Waals surface area contributed by atoms with Gasteiger partial charge in [0.1, 0.15) is 6.29 Å². The minimum Gasteiger partial charge on any atom is -0.357 e. The fourth-order valence-electron chi connectivity index (χ4n) is 5.63. The van der Waals surface area contributed by atoms with Crippen LogP contribution in [-0.2, 0) is 9.59 Å². The van der Waals surface area contributed by atoms with Crippen molar-refractivity contribution in [3.05, 3.63) is 34.9 Å². The summed E-state index contributed by atoms with van der Waals surface area (Å²) in [7, 11) is 2.68. The molecule has 3 aliphatic rings. The maximum absolute atomic E-state index is 11.2. The van der Waals surface area contributed by atoms with Crippen LogP contribution in [-0.4, -0.2) is 105 Å². The van der Waals surface area contributed by atoms with Gasteiger partial charge in [0.15, 0.2) is 0 Å². The lowest BCUT2D eigenvalue weighted by Crippen LogP contribution is -2.59. The van der Waals surface area contributed by atoms with E-state index in [4.69, 9.17) is 11.6 Å². The first-order valence-corrected chi connectivity index (χ1v) is 14.2. The molecular formula is C29H48ClF3N4O2. The maximum Gasteiger partial charge on any atom is 0.235 e. The fraction of sp³-hybridized carbons (Fsp3) is 0.724. The van der Waals surface area contributed by atoms with Crippen molar-refractivity contribution in [2.24, 2.45) is 5.92 Å². The van der Waals surface area contributed by atoms with E-state index in [1.807, 2.05) is 24.3 Å². The summed E-state index contributed by atoms with van der Waals surface area (Å²) in [6, 6.07) is 8.36. The van der Waals surface area contributed by atoms with Crippen LogP contribution in [0.25, 0.3) is 0 Å². The lowest BCUT2D eigenvalue weighted by atomic mass is 9.90. The highest BCUT2D eigenvalue weighted by Crippen LogP contribution is 2.35. The molecule has 2 atom stereocenters. The molecule has 2 heterocycles. The summed E-state index contributed by atoms with van der Waals surface area (Å²) in [5, 5.41) is 3.65. The van der Waals surface area contributed by atoms with Crippen molar-refractivity contribution < 1.29 is 22.8 Å². The molecule has 1 N–H and O–H groups in total. The number of nitrogens with zero attached hydrogens (tertiary/aromatic N) is 3. The van der Waals surface area contributed by atoms with Crippen molar-refractivity contribution in [3.8, 4) is 0 Å². The van der Waals surface area contributed by atoms with Gasteiger partial charge < -0.3 is 15.0 Å². The van der Waals surface area contributed by atoms with Crippen LogP contribution in [0, 0.1) is 5.92 Å². The average molecular weight is 577 g/mol. The third kappa shape index (κ3) is 11.8. The molecule has 0 spiro atoms. The topological polar surface area (TPSA) is 55.9 Å². The van der Waals surface area contributed by atoms with Crippen molar-refractivity contribution in [2.45, 2.75) is 70.4 Å². The summed E-state index contributed by atoms with van der Waals surface area (Å²) in [4.78, 5) is 29.0. The molecule has 3 fully saturated rings. The van der Waals surface area contributed by atoms with Crippen molar-refractivity contribution in [2.75, 3.05) is 60.0 Å². The van der Waals surface area contributed by atoms with Gasteiger partial charge in [-0.15, -0.1) is 0 Å². The fourth-order valence-corrected chi connectivity index (χ4v) is 5.76. The number of carbonyl (C=O) groups is 2. The molecule has 2 saturated heterocycles. The Balaban J connectivity index is 0.000000326. The second-order valence-corrected chi connectivity index (χ2v) is 11.2. The van der Waals surface area contributed by atoms with Crippen LogP contribution >= 0.6 is 11.6 Å². The van der Waals surface area contributed by atoms with Crippen LogP contribution in [0.1, 0.15) is 57.9 Å². The van der Waals surface area contributed by atoms with Gasteiger partial charge in [0.25, 0.3) is 0 Å². The Morgan fingerprint density at radius 3 is 2.00 bits per heavy atom. The zero-order valence-corrected chi connectivity index (χ0v) is 25.0. The number of carbonyl (C=O) groups excluding carboxylic acids is 2. The minimum atomic E-state index is -2.17. The molecule has 224 valence electrons. The molecule has 0 bridgehead atoms. The van der Waals surface area contributed by atoms with E-state index in [2.05, 4.69) is 40.9 Å². The van der Waals surface area contributed by atoms with Crippen LogP contribution in [0.2, 0.25) is 5.02 Å². The molecule has 1 aliphatic carbocycles. The van der Waals surface area contributed by atoms with Crippen LogP contribution in [0.3, 0.4) is 0 Å². The highest BCUT2D eigenvalue weighted by Gasteiger charge is 2.40. The molecule has 2 aliphatic heterocycles. The van der Waals surface area contributed by atoms with Crippen LogP contribution < -0.4 is 5.32 Å². The third-order valence-corrected chi connectivity index (χ3v) is 8.07. The van der Waals surface area contributed by atoms with E-state index in [9.17, 15) is 22.8 Å². The number of benzene rings is 1. The molecule has 0 aromatic heterocycles. The Morgan fingerprint density at radius 2 is 1.54 bits per heavy atom. The highest BCUT2D eigenvalue weighted by molar-refractivity contribution is 6.30. The Morgan fingerprint density at radius 1 is 1.00 bits per heavy atom. The number of piperazine rings is 1. The maximum atomic E-state index is 11.2. The van der Waals surface area contributed by atoms with Crippen molar-refractivity contribution in [1.82, 2.24) is 20.0 Å². The lowest BCUT2D eigenvalue weighted by Gasteiger charge is -2.45. The predicted molar refractivity (Wildman–Crippen MR) is 154 cm³/mol. The number of alkyl halides is 3. The van der Waals surface area contributed by atoms with E-state index in [1.54, 1.807) is 0 Å². The standard InChI is InChI=1S/C14H18ClNO.C12H23N3O.C2H4F2.CH3F/c1-10(2)16-7-12(9-17)14(8-16)11-3-5-13(15)6-4-11;1-14-6-8-15(9-7-14)12(10-13-11-16)4-2-3-5-12;1-2(3)4;1-2/h3-6,9-10,12,14H,7-8H2,1-2H3;11H,2-10H2,1H3,(H,13,16);2H,1H3;1H3. The summed E-state index contributed by atoms with van der Waals surface area (Å²) in [6.07, 6.45) is 4.90. The van der Waals surface area contributed by atoms with E-state index < -0.39 is 6.43 Å². The van der Waals surface area contributed by atoms with Gasteiger partial charge in [-0.3, -0.25) is 19.0 Å². The molecule has 1 aromatic carbocycles. The molecule has 6 nitrogen and oxygen atoms in total. The van der Waals surface area contributed by atoms with Gasteiger partial charge in [0.05, 0.1) is 7.18 Å². The Labute approximate surface area is 238 Å². The highest BCUT2D eigenvalue weighted by atomic mass is 35.5. The summed E-state index contributed by atoms with van der Waals surface area (Å²) in [5.74, 6) is 0.422. The second-order valence-electron chi connectivity index (χ2n) is 10.7. The number of hydrogen-bond donors (Lipinski definition) is 1. The zero-order valence-electron chi connectivity index (χ0n) is 24.2. The Hall–Kier alpha value is -1.68. The SMILES string of the molecule is CC(C)N1CC(C=O)C(c2ccc(Cl)cc2)C1.CC(F)F.CF.CN1CCN(C2(CNC=O)CCCC2)CC1. The molecule has 0 radical (unpaired) electrons. The van der Waals surface area contributed by atoms with Crippen molar-refractivity contribution in [1.29, 1.82) is 0 Å². The summed E-state index contributed by atoms with van der Waals surface area (Å²) in [6.45, 7) is 12.5. The van der Waals surface area contributed by atoms with Gasteiger partial charge >= 0.3 is 0 Å². The van der Waals surface area contributed by atoms with Crippen molar-refractivity contribution in [3.63, 3.8) is 0 Å². The molecule has 2 unspecified atom stereocenters. The number of halogens is 4. The molecule has 10 heteroatoms. The Bertz CT molecular complexity index is 799. The van der Waals surface area contributed by atoms with E-state index in [1.165, 1.54) is 31.2 Å². The minimum absolute atomic E-state index is 0.110. The predicted octanol–water partition coefficient (Wildman–Crippen LogP) is 5.11. The van der Waals surface area contributed by atoms with Gasteiger partial charge in [-0.05, 0) is 58.4 Å². The van der Waals surface area contributed by atoms with Crippen LogP contribution in [0.15, 0.2) is 24.3 Å². The third-order valence-electron chi connectivity index (χ3n) is 7.82. The summed E-state index contributed by atoms with van der Waals surface area (Å²) in [5.41, 5.74) is 1.48. The first-order valence-electron chi connectivity index (χ1n) is 13.8. The number of nitrogens with one attached hydrogen (secondary N) is 1. The van der Waals surface area contributed by atoms with Gasteiger partial charge in [-0.1, -0.05) is 36.6 Å². The molecule has 1 aromatic rings. The summed E-state index contributed by atoms with van der Waals surface area (Å²) >= 11 is 5.89. The molecule has 1 amide bonds. The molecule has 39 heavy (non-hydrogen) atoms. The van der Waals surface area contributed by atoms with Crippen LogP contribution in [0.5, 0.6) is 0 Å². The number of likely N-dealkylation sites (N-methyl/N-ethyl adjacent to an activating group) is 1. The van der Waals surface area contributed by atoms with Crippen molar-refractivity contribution >= 4 is 24.3 Å². The number of likely N-dealkylation sites (tertiary alicyclic amines) is 1.